The highest BCUT2D eigenvalue weighted by atomic mass is 32.2. The minimum absolute atomic E-state index is 0.146. The van der Waals surface area contributed by atoms with Gasteiger partial charge >= 0.3 is 0 Å². The SMILES string of the molecule is Cc1ccc(S(=O)(=O)Nc2ccc(C(=O)N[C@@H](C)c3cc(C)ccc3C)cc2C)cc1. The standard InChI is InChI=1S/C25H28N2O3S/c1-16-7-11-22(12-8-16)31(29,30)27-24-13-10-21(15-19(24)4)25(28)26-20(5)23-14-17(2)6-9-18(23)3/h6-15,20,27H,1-5H3,(H,26,28)/t20-/m0/s1. The highest BCUT2D eigenvalue weighted by Crippen LogP contribution is 2.23. The third-order valence-corrected chi connectivity index (χ3v) is 6.69. The topological polar surface area (TPSA) is 75.3 Å². The lowest BCUT2D eigenvalue weighted by Crippen LogP contribution is -2.27. The first kappa shape index (κ1) is 22.6. The largest absolute Gasteiger partial charge is 0.346 e. The van der Waals surface area contributed by atoms with Gasteiger partial charge in [-0.15, -0.1) is 0 Å². The molecule has 0 aliphatic carbocycles. The number of aryl methyl sites for hydroxylation is 4. The first-order chi connectivity index (χ1) is 14.6. The average Bonchev–Trinajstić information content (AvgIpc) is 2.71. The summed E-state index contributed by atoms with van der Waals surface area (Å²) < 4.78 is 27.9. The van der Waals surface area contributed by atoms with Gasteiger partial charge in [0, 0.05) is 5.56 Å². The average molecular weight is 437 g/mol. The van der Waals surface area contributed by atoms with Crippen LogP contribution < -0.4 is 10.0 Å². The number of hydrogen-bond donors (Lipinski definition) is 2. The molecule has 6 heteroatoms. The number of amides is 1. The summed E-state index contributed by atoms with van der Waals surface area (Å²) in [5.74, 6) is -0.204. The van der Waals surface area contributed by atoms with E-state index in [1.165, 1.54) is 0 Å². The van der Waals surface area contributed by atoms with Gasteiger partial charge in [0.15, 0.2) is 0 Å². The minimum atomic E-state index is -3.70. The number of nitrogens with one attached hydrogen (secondary N) is 2. The molecule has 0 bridgehead atoms. The number of benzene rings is 3. The van der Waals surface area contributed by atoms with E-state index in [9.17, 15) is 13.2 Å². The van der Waals surface area contributed by atoms with Crippen molar-refractivity contribution in [2.75, 3.05) is 4.72 Å². The van der Waals surface area contributed by atoms with E-state index < -0.39 is 10.0 Å². The molecule has 162 valence electrons. The molecule has 3 rings (SSSR count). The summed E-state index contributed by atoms with van der Waals surface area (Å²) in [5, 5.41) is 3.03. The van der Waals surface area contributed by atoms with Crippen LogP contribution in [-0.2, 0) is 10.0 Å². The van der Waals surface area contributed by atoms with E-state index in [1.807, 2.05) is 39.8 Å². The summed E-state index contributed by atoms with van der Waals surface area (Å²) in [4.78, 5) is 13.0. The molecule has 0 unspecified atom stereocenters. The van der Waals surface area contributed by atoms with Crippen LogP contribution in [0.3, 0.4) is 0 Å². The third-order valence-electron chi connectivity index (χ3n) is 5.31. The second-order valence-electron chi connectivity index (χ2n) is 8.00. The maximum absolute atomic E-state index is 12.8. The maximum Gasteiger partial charge on any atom is 0.261 e. The van der Waals surface area contributed by atoms with Gasteiger partial charge in [-0.1, -0.05) is 41.5 Å². The second kappa shape index (κ2) is 8.94. The number of hydrogen-bond acceptors (Lipinski definition) is 3. The maximum atomic E-state index is 12.8. The van der Waals surface area contributed by atoms with Crippen molar-refractivity contribution in [2.24, 2.45) is 0 Å². The van der Waals surface area contributed by atoms with Gasteiger partial charge in [0.1, 0.15) is 0 Å². The number of sulfonamides is 1. The molecule has 0 heterocycles. The van der Waals surface area contributed by atoms with Crippen LogP contribution in [0.2, 0.25) is 0 Å². The van der Waals surface area contributed by atoms with Gasteiger partial charge in [-0.25, -0.2) is 8.42 Å². The molecule has 0 aliphatic heterocycles. The first-order valence-corrected chi connectivity index (χ1v) is 11.6. The fourth-order valence-electron chi connectivity index (χ4n) is 3.42. The van der Waals surface area contributed by atoms with Crippen LogP contribution in [0.25, 0.3) is 0 Å². The van der Waals surface area contributed by atoms with E-state index in [2.05, 4.69) is 16.1 Å². The van der Waals surface area contributed by atoms with Gasteiger partial charge in [-0.05, 0) is 81.6 Å². The number of carbonyl (C=O) groups excluding carboxylic acids is 1. The van der Waals surface area contributed by atoms with Crippen LogP contribution in [0, 0.1) is 27.7 Å². The van der Waals surface area contributed by atoms with Gasteiger partial charge in [0.05, 0.1) is 16.6 Å². The van der Waals surface area contributed by atoms with Crippen molar-refractivity contribution in [1.29, 1.82) is 0 Å². The first-order valence-electron chi connectivity index (χ1n) is 10.1. The van der Waals surface area contributed by atoms with E-state index in [4.69, 9.17) is 0 Å². The molecule has 3 aromatic carbocycles. The molecular weight excluding hydrogens is 408 g/mol. The molecule has 0 saturated carbocycles. The van der Waals surface area contributed by atoms with Crippen LogP contribution in [0.5, 0.6) is 0 Å². The van der Waals surface area contributed by atoms with Crippen LogP contribution in [0.15, 0.2) is 65.6 Å². The summed E-state index contributed by atoms with van der Waals surface area (Å²) in [6, 6.07) is 17.6. The quantitative estimate of drug-likeness (QED) is 0.557. The summed E-state index contributed by atoms with van der Waals surface area (Å²) in [5.41, 5.74) is 5.92. The lowest BCUT2D eigenvalue weighted by molar-refractivity contribution is 0.0939. The predicted octanol–water partition coefficient (Wildman–Crippen LogP) is 5.21. The van der Waals surface area contributed by atoms with Gasteiger partial charge in [0.2, 0.25) is 0 Å². The Balaban J connectivity index is 1.76. The van der Waals surface area contributed by atoms with Gasteiger partial charge in [-0.3, -0.25) is 9.52 Å². The summed E-state index contributed by atoms with van der Waals surface area (Å²) in [6.45, 7) is 9.68. The Bertz CT molecular complexity index is 1220. The van der Waals surface area contributed by atoms with Crippen LogP contribution >= 0.6 is 0 Å². The number of rotatable bonds is 6. The van der Waals surface area contributed by atoms with E-state index in [0.717, 1.165) is 22.3 Å². The van der Waals surface area contributed by atoms with Gasteiger partial charge < -0.3 is 5.32 Å². The van der Waals surface area contributed by atoms with Crippen molar-refractivity contribution in [1.82, 2.24) is 5.32 Å². The number of carbonyl (C=O) groups is 1. The zero-order valence-electron chi connectivity index (χ0n) is 18.5. The fraction of sp³-hybridized carbons (Fsp3) is 0.240. The normalized spacial score (nSPS) is 12.3. The van der Waals surface area contributed by atoms with E-state index in [1.54, 1.807) is 49.4 Å². The molecule has 0 spiro atoms. The van der Waals surface area contributed by atoms with Crippen molar-refractivity contribution >= 4 is 21.6 Å². The van der Waals surface area contributed by atoms with E-state index >= 15 is 0 Å². The molecule has 0 aromatic heterocycles. The summed E-state index contributed by atoms with van der Waals surface area (Å²) in [7, 11) is -3.70. The minimum Gasteiger partial charge on any atom is -0.346 e. The summed E-state index contributed by atoms with van der Waals surface area (Å²) in [6.07, 6.45) is 0. The Kier molecular flexibility index (Phi) is 6.51. The monoisotopic (exact) mass is 436 g/mol. The predicted molar refractivity (Wildman–Crippen MR) is 125 cm³/mol. The Morgan fingerprint density at radius 1 is 0.806 bits per heavy atom. The molecule has 1 atom stereocenters. The summed E-state index contributed by atoms with van der Waals surface area (Å²) >= 11 is 0. The van der Waals surface area contributed by atoms with E-state index in [-0.39, 0.29) is 16.8 Å². The highest BCUT2D eigenvalue weighted by Gasteiger charge is 2.17. The van der Waals surface area contributed by atoms with Crippen molar-refractivity contribution in [3.05, 3.63) is 94.0 Å². The zero-order valence-corrected chi connectivity index (χ0v) is 19.3. The Morgan fingerprint density at radius 2 is 1.45 bits per heavy atom. The highest BCUT2D eigenvalue weighted by molar-refractivity contribution is 7.92. The molecule has 0 aliphatic rings. The van der Waals surface area contributed by atoms with Crippen LogP contribution in [0.4, 0.5) is 5.69 Å². The molecule has 31 heavy (non-hydrogen) atoms. The lowest BCUT2D eigenvalue weighted by Gasteiger charge is -2.18. The fourth-order valence-corrected chi connectivity index (χ4v) is 4.56. The smallest absolute Gasteiger partial charge is 0.261 e. The molecule has 2 N–H and O–H groups in total. The molecule has 0 radical (unpaired) electrons. The van der Waals surface area contributed by atoms with Crippen molar-refractivity contribution < 1.29 is 13.2 Å². The van der Waals surface area contributed by atoms with Gasteiger partial charge in [0.25, 0.3) is 15.9 Å². The second-order valence-corrected chi connectivity index (χ2v) is 9.69. The molecule has 3 aromatic rings. The molecule has 0 saturated heterocycles. The Labute approximate surface area is 184 Å². The van der Waals surface area contributed by atoms with Crippen LogP contribution in [0.1, 0.15) is 51.1 Å². The Morgan fingerprint density at radius 3 is 2.10 bits per heavy atom. The number of anilines is 1. The Hall–Kier alpha value is -3.12. The van der Waals surface area contributed by atoms with Crippen molar-refractivity contribution in [3.63, 3.8) is 0 Å². The zero-order chi connectivity index (χ0) is 22.8. The molecule has 1 amide bonds. The molecule has 0 fully saturated rings. The van der Waals surface area contributed by atoms with E-state index in [0.29, 0.717) is 16.8 Å². The lowest BCUT2D eigenvalue weighted by atomic mass is 9.99. The molecule has 5 nitrogen and oxygen atoms in total. The third kappa shape index (κ3) is 5.33. The van der Waals surface area contributed by atoms with Crippen molar-refractivity contribution in [3.8, 4) is 0 Å². The van der Waals surface area contributed by atoms with Crippen LogP contribution in [-0.4, -0.2) is 14.3 Å². The molecular formula is C25H28N2O3S. The van der Waals surface area contributed by atoms with Gasteiger partial charge in [-0.2, -0.15) is 0 Å². The van der Waals surface area contributed by atoms with Crippen molar-refractivity contribution in [2.45, 2.75) is 45.6 Å².